The summed E-state index contributed by atoms with van der Waals surface area (Å²) in [5, 5.41) is 3.76. The summed E-state index contributed by atoms with van der Waals surface area (Å²) in [4.78, 5) is 11.2. The Bertz CT molecular complexity index is 596. The largest absolute Gasteiger partial charge is 0.397 e. The molecule has 0 atom stereocenters. The number of rotatable bonds is 3. The Morgan fingerprint density at radius 1 is 1.17 bits per heavy atom. The molecule has 0 aliphatic heterocycles. The SMILES string of the molecule is CC(=O)c1ccc(Nc2ccccc2Cl)c(N)c1. The van der Waals surface area contributed by atoms with Gasteiger partial charge >= 0.3 is 0 Å². The maximum absolute atomic E-state index is 11.2. The lowest BCUT2D eigenvalue weighted by atomic mass is 10.1. The van der Waals surface area contributed by atoms with Crippen LogP contribution in [0.25, 0.3) is 0 Å². The Morgan fingerprint density at radius 3 is 2.50 bits per heavy atom. The van der Waals surface area contributed by atoms with Gasteiger partial charge in [0.05, 0.1) is 22.1 Å². The first kappa shape index (κ1) is 12.5. The first-order valence-electron chi connectivity index (χ1n) is 5.50. The van der Waals surface area contributed by atoms with Crippen LogP contribution in [-0.2, 0) is 0 Å². The summed E-state index contributed by atoms with van der Waals surface area (Å²) < 4.78 is 0. The number of carbonyl (C=O) groups is 1. The van der Waals surface area contributed by atoms with E-state index in [-0.39, 0.29) is 5.78 Å². The lowest BCUT2D eigenvalue weighted by molar-refractivity contribution is 0.101. The van der Waals surface area contributed by atoms with Gasteiger partial charge in [-0.1, -0.05) is 23.7 Å². The first-order valence-corrected chi connectivity index (χ1v) is 5.88. The van der Waals surface area contributed by atoms with Crippen LogP contribution in [0.4, 0.5) is 17.1 Å². The molecule has 0 aliphatic carbocycles. The first-order chi connectivity index (χ1) is 8.58. The molecule has 0 aromatic heterocycles. The topological polar surface area (TPSA) is 55.1 Å². The zero-order valence-electron chi connectivity index (χ0n) is 9.91. The summed E-state index contributed by atoms with van der Waals surface area (Å²) in [6.07, 6.45) is 0. The van der Waals surface area contributed by atoms with E-state index in [1.165, 1.54) is 6.92 Å². The number of hydrogen-bond acceptors (Lipinski definition) is 3. The molecular formula is C14H13ClN2O. The summed E-state index contributed by atoms with van der Waals surface area (Å²) in [7, 11) is 0. The van der Waals surface area contributed by atoms with Crippen molar-refractivity contribution >= 4 is 34.4 Å². The normalized spacial score (nSPS) is 10.1. The predicted octanol–water partition coefficient (Wildman–Crippen LogP) is 3.87. The third-order valence-corrected chi connectivity index (χ3v) is 2.93. The second-order valence-electron chi connectivity index (χ2n) is 3.96. The van der Waals surface area contributed by atoms with Crippen LogP contribution in [0, 0.1) is 0 Å². The Balaban J connectivity index is 2.30. The molecule has 4 heteroatoms. The third kappa shape index (κ3) is 2.63. The third-order valence-electron chi connectivity index (χ3n) is 2.60. The van der Waals surface area contributed by atoms with Crippen LogP contribution in [0.3, 0.4) is 0 Å². The monoisotopic (exact) mass is 260 g/mol. The molecule has 0 amide bonds. The highest BCUT2D eigenvalue weighted by molar-refractivity contribution is 6.33. The van der Waals surface area contributed by atoms with Crippen molar-refractivity contribution in [1.82, 2.24) is 0 Å². The average molecular weight is 261 g/mol. The molecule has 0 unspecified atom stereocenters. The number of nitrogens with two attached hydrogens (primary N) is 1. The van der Waals surface area contributed by atoms with E-state index < -0.39 is 0 Å². The lowest BCUT2D eigenvalue weighted by Gasteiger charge is -2.11. The second-order valence-corrected chi connectivity index (χ2v) is 4.37. The Morgan fingerprint density at radius 2 is 1.89 bits per heavy atom. The van der Waals surface area contributed by atoms with Crippen molar-refractivity contribution in [3.05, 3.63) is 53.1 Å². The second kappa shape index (κ2) is 5.10. The van der Waals surface area contributed by atoms with Gasteiger partial charge in [0, 0.05) is 5.56 Å². The molecule has 0 aliphatic rings. The van der Waals surface area contributed by atoms with E-state index in [1.54, 1.807) is 24.3 Å². The van der Waals surface area contributed by atoms with E-state index in [0.29, 0.717) is 16.3 Å². The van der Waals surface area contributed by atoms with Crippen LogP contribution in [0.5, 0.6) is 0 Å². The van der Waals surface area contributed by atoms with Crippen molar-refractivity contribution in [3.63, 3.8) is 0 Å². The fourth-order valence-corrected chi connectivity index (χ4v) is 1.79. The summed E-state index contributed by atoms with van der Waals surface area (Å²) >= 11 is 6.05. The minimum absolute atomic E-state index is 0.00834. The molecule has 18 heavy (non-hydrogen) atoms. The minimum Gasteiger partial charge on any atom is -0.397 e. The van der Waals surface area contributed by atoms with Crippen molar-refractivity contribution in [2.45, 2.75) is 6.92 Å². The van der Waals surface area contributed by atoms with E-state index in [0.717, 1.165) is 11.4 Å². The highest BCUT2D eigenvalue weighted by Crippen LogP contribution is 2.28. The Labute approximate surface area is 111 Å². The van der Waals surface area contributed by atoms with Gasteiger partial charge in [0.2, 0.25) is 0 Å². The molecule has 2 rings (SSSR count). The number of anilines is 3. The number of benzene rings is 2. The molecule has 2 aromatic rings. The fraction of sp³-hybridized carbons (Fsp3) is 0.0714. The van der Waals surface area contributed by atoms with Crippen LogP contribution in [-0.4, -0.2) is 5.78 Å². The molecule has 0 saturated heterocycles. The molecule has 2 aromatic carbocycles. The zero-order valence-corrected chi connectivity index (χ0v) is 10.7. The van der Waals surface area contributed by atoms with Gasteiger partial charge in [0.25, 0.3) is 0 Å². The molecule has 92 valence electrons. The molecule has 0 fully saturated rings. The van der Waals surface area contributed by atoms with Gasteiger partial charge in [-0.15, -0.1) is 0 Å². The smallest absolute Gasteiger partial charge is 0.159 e. The lowest BCUT2D eigenvalue weighted by Crippen LogP contribution is -2.00. The summed E-state index contributed by atoms with van der Waals surface area (Å²) in [6.45, 7) is 1.51. The number of nitrogens with one attached hydrogen (secondary N) is 1. The average Bonchev–Trinajstić information content (AvgIpc) is 2.34. The van der Waals surface area contributed by atoms with Gasteiger partial charge in [0.1, 0.15) is 0 Å². The minimum atomic E-state index is -0.00834. The molecule has 0 bridgehead atoms. The quantitative estimate of drug-likeness (QED) is 0.651. The van der Waals surface area contributed by atoms with E-state index >= 15 is 0 Å². The number of Topliss-reactive ketones (excluding diaryl/α,β-unsaturated/α-hetero) is 1. The van der Waals surface area contributed by atoms with Crippen molar-refractivity contribution < 1.29 is 4.79 Å². The highest BCUT2D eigenvalue weighted by atomic mass is 35.5. The van der Waals surface area contributed by atoms with E-state index in [1.807, 2.05) is 18.2 Å². The van der Waals surface area contributed by atoms with Crippen LogP contribution < -0.4 is 11.1 Å². The van der Waals surface area contributed by atoms with Gasteiger partial charge in [-0.3, -0.25) is 4.79 Å². The number of nitrogen functional groups attached to an aromatic ring is 1. The molecular weight excluding hydrogens is 248 g/mol. The molecule has 0 saturated carbocycles. The number of halogens is 1. The zero-order chi connectivity index (χ0) is 13.1. The number of carbonyl (C=O) groups excluding carboxylic acids is 1. The summed E-state index contributed by atoms with van der Waals surface area (Å²) in [5.74, 6) is -0.00834. The molecule has 3 nitrogen and oxygen atoms in total. The summed E-state index contributed by atoms with van der Waals surface area (Å²) in [5.41, 5.74) is 8.52. The molecule has 0 radical (unpaired) electrons. The molecule has 3 N–H and O–H groups in total. The van der Waals surface area contributed by atoms with Crippen LogP contribution >= 0.6 is 11.6 Å². The van der Waals surface area contributed by atoms with E-state index in [4.69, 9.17) is 17.3 Å². The number of hydrogen-bond donors (Lipinski definition) is 2. The highest BCUT2D eigenvalue weighted by Gasteiger charge is 2.05. The predicted molar refractivity (Wildman–Crippen MR) is 75.6 cm³/mol. The van der Waals surface area contributed by atoms with Crippen LogP contribution in [0.1, 0.15) is 17.3 Å². The van der Waals surface area contributed by atoms with Crippen molar-refractivity contribution in [2.24, 2.45) is 0 Å². The van der Waals surface area contributed by atoms with Gasteiger partial charge in [-0.05, 0) is 37.3 Å². The van der Waals surface area contributed by atoms with Gasteiger partial charge < -0.3 is 11.1 Å². The van der Waals surface area contributed by atoms with Crippen molar-refractivity contribution in [2.75, 3.05) is 11.1 Å². The van der Waals surface area contributed by atoms with Gasteiger partial charge in [0.15, 0.2) is 5.78 Å². The molecule has 0 spiro atoms. The van der Waals surface area contributed by atoms with E-state index in [9.17, 15) is 4.79 Å². The van der Waals surface area contributed by atoms with Crippen molar-refractivity contribution in [1.29, 1.82) is 0 Å². The standard InChI is InChI=1S/C14H13ClN2O/c1-9(18)10-6-7-14(12(16)8-10)17-13-5-3-2-4-11(13)15/h2-8,17H,16H2,1H3. The summed E-state index contributed by atoms with van der Waals surface area (Å²) in [6, 6.07) is 12.6. The molecule has 0 heterocycles. The Hall–Kier alpha value is -2.00. The maximum Gasteiger partial charge on any atom is 0.159 e. The maximum atomic E-state index is 11.2. The van der Waals surface area contributed by atoms with Gasteiger partial charge in [-0.2, -0.15) is 0 Å². The van der Waals surface area contributed by atoms with Crippen LogP contribution in [0.2, 0.25) is 5.02 Å². The van der Waals surface area contributed by atoms with Crippen molar-refractivity contribution in [3.8, 4) is 0 Å². The van der Waals surface area contributed by atoms with Gasteiger partial charge in [-0.25, -0.2) is 0 Å². The fourth-order valence-electron chi connectivity index (χ4n) is 1.60. The van der Waals surface area contributed by atoms with Crippen LogP contribution in [0.15, 0.2) is 42.5 Å². The number of ketones is 1. The Kier molecular flexibility index (Phi) is 3.53. The van der Waals surface area contributed by atoms with E-state index in [2.05, 4.69) is 5.32 Å². The number of para-hydroxylation sites is 1.